The molecule has 0 aliphatic heterocycles. The van der Waals surface area contributed by atoms with Crippen molar-refractivity contribution in [3.05, 3.63) is 24.7 Å². The summed E-state index contributed by atoms with van der Waals surface area (Å²) in [6, 6.07) is 3.70. The van der Waals surface area contributed by atoms with Crippen LogP contribution in [0.4, 0.5) is 0 Å². The van der Waals surface area contributed by atoms with E-state index < -0.39 is 13.1 Å². The fourth-order valence-corrected chi connectivity index (χ4v) is 15.9. The third-order valence-corrected chi connectivity index (χ3v) is 14.2. The van der Waals surface area contributed by atoms with Crippen LogP contribution in [0.2, 0.25) is 0 Å². The number of hydrogen-bond donors (Lipinski definition) is 0. The van der Waals surface area contributed by atoms with Gasteiger partial charge in [-0.05, 0) is 12.1 Å². The molecule has 2 aromatic rings. The Morgan fingerprint density at radius 2 is 1.47 bits per heavy atom. The first kappa shape index (κ1) is 11.8. The van der Waals surface area contributed by atoms with Gasteiger partial charge in [-0.2, -0.15) is 0 Å². The molecule has 5 nitrogen and oxygen atoms in total. The summed E-state index contributed by atoms with van der Waals surface area (Å²) in [5, 5.41) is 9.61. The molecule has 0 aliphatic rings. The second-order valence-electron chi connectivity index (χ2n) is 2.62. The van der Waals surface area contributed by atoms with Gasteiger partial charge in [0, 0.05) is 0 Å². The highest BCUT2D eigenvalue weighted by Crippen LogP contribution is 2.05. The molecule has 2 heterocycles. The van der Waals surface area contributed by atoms with Crippen molar-refractivity contribution in [3.8, 4) is 0 Å². The first-order valence-corrected chi connectivity index (χ1v) is 14.5. The molecule has 2 unspecified atom stereocenters. The summed E-state index contributed by atoms with van der Waals surface area (Å²) < 4.78 is 15.5. The standard InChI is InChI=1S/C6H6I2N2O3Si2/c7-14(5-1-3-11-9-5)13-15(8)6-2-4-12-10-6/h1-4,14-15H. The average Bonchev–Trinajstić information content (AvgIpc) is 2.91. The Labute approximate surface area is 114 Å². The topological polar surface area (TPSA) is 61.3 Å². The summed E-state index contributed by atoms with van der Waals surface area (Å²) in [5.74, 6) is 0. The van der Waals surface area contributed by atoms with E-state index in [9.17, 15) is 0 Å². The van der Waals surface area contributed by atoms with E-state index in [1.807, 2.05) is 12.1 Å². The number of nitrogens with zero attached hydrogens (tertiary/aromatic N) is 2. The highest BCUT2D eigenvalue weighted by Gasteiger charge is 2.22. The molecule has 0 saturated carbocycles. The molecule has 2 aromatic heterocycles. The average molecular weight is 464 g/mol. The largest absolute Gasteiger partial charge is 0.437 e. The summed E-state index contributed by atoms with van der Waals surface area (Å²) >= 11 is 4.62. The molecule has 9 heteroatoms. The zero-order valence-electron chi connectivity index (χ0n) is 7.34. The second kappa shape index (κ2) is 5.56. The normalized spacial score (nSPS) is 15.1. The fraction of sp³-hybridized carbons (Fsp3) is 0. The zero-order chi connectivity index (χ0) is 10.7. The molecule has 0 spiro atoms. The third-order valence-electron chi connectivity index (χ3n) is 1.62. The smallest absolute Gasteiger partial charge is 0.288 e. The van der Waals surface area contributed by atoms with Crippen molar-refractivity contribution in [1.82, 2.24) is 10.3 Å². The maximum atomic E-state index is 5.95. The molecule has 2 atom stereocenters. The summed E-state index contributed by atoms with van der Waals surface area (Å²) in [6.07, 6.45) is 3.13. The molecule has 0 radical (unpaired) electrons. The minimum Gasteiger partial charge on any atom is -0.437 e. The molecule has 0 fully saturated rings. The van der Waals surface area contributed by atoms with Crippen molar-refractivity contribution < 1.29 is 13.2 Å². The summed E-state index contributed by atoms with van der Waals surface area (Å²) in [6.45, 7) is -2.95. The lowest BCUT2D eigenvalue weighted by Crippen LogP contribution is -2.38. The molecule has 0 N–H and O–H groups in total. The maximum Gasteiger partial charge on any atom is 0.288 e. The Morgan fingerprint density at radius 3 is 1.80 bits per heavy atom. The summed E-state index contributed by atoms with van der Waals surface area (Å²) in [5.41, 5.74) is 0. The quantitative estimate of drug-likeness (QED) is 0.366. The lowest BCUT2D eigenvalue weighted by atomic mass is 10.8. The van der Waals surface area contributed by atoms with Crippen LogP contribution in [0.5, 0.6) is 0 Å². The molecule has 15 heavy (non-hydrogen) atoms. The summed E-state index contributed by atoms with van der Waals surface area (Å²) in [7, 11) is 0. The van der Waals surface area contributed by atoms with Gasteiger partial charge in [-0.1, -0.05) is 53.9 Å². The van der Waals surface area contributed by atoms with Crippen LogP contribution in [0.25, 0.3) is 0 Å². The van der Waals surface area contributed by atoms with Crippen molar-refractivity contribution in [2.45, 2.75) is 0 Å². The fourth-order valence-electron chi connectivity index (χ4n) is 0.922. The van der Waals surface area contributed by atoms with Crippen LogP contribution in [-0.2, 0) is 4.12 Å². The van der Waals surface area contributed by atoms with E-state index >= 15 is 0 Å². The molecule has 0 saturated heterocycles. The Kier molecular flexibility index (Phi) is 4.35. The van der Waals surface area contributed by atoms with Gasteiger partial charge in [0.15, 0.2) is 0 Å². The van der Waals surface area contributed by atoms with Crippen LogP contribution >= 0.6 is 43.6 Å². The molecule has 2 rings (SSSR count). The van der Waals surface area contributed by atoms with E-state index in [1.165, 1.54) is 0 Å². The molecule has 80 valence electrons. The van der Waals surface area contributed by atoms with Crippen LogP contribution in [0.3, 0.4) is 0 Å². The van der Waals surface area contributed by atoms with Crippen molar-refractivity contribution in [2.75, 3.05) is 0 Å². The summed E-state index contributed by atoms with van der Waals surface area (Å²) in [4.78, 5) is 0. The van der Waals surface area contributed by atoms with Crippen LogP contribution in [-0.4, -0.2) is 23.4 Å². The molecule has 0 aromatic carbocycles. The monoisotopic (exact) mass is 464 g/mol. The van der Waals surface area contributed by atoms with Gasteiger partial charge in [-0.25, -0.2) is 0 Å². The molecular weight excluding hydrogens is 458 g/mol. The van der Waals surface area contributed by atoms with E-state index in [0.717, 1.165) is 10.6 Å². The second-order valence-corrected chi connectivity index (χ2v) is 12.9. The van der Waals surface area contributed by atoms with Crippen molar-refractivity contribution in [2.24, 2.45) is 0 Å². The van der Waals surface area contributed by atoms with Crippen LogP contribution in [0.15, 0.2) is 33.7 Å². The highest BCUT2D eigenvalue weighted by molar-refractivity contribution is 14.1. The van der Waals surface area contributed by atoms with E-state index in [1.54, 1.807) is 12.5 Å². The van der Waals surface area contributed by atoms with E-state index in [-0.39, 0.29) is 0 Å². The number of halogens is 2. The van der Waals surface area contributed by atoms with Gasteiger partial charge >= 0.3 is 0 Å². The van der Waals surface area contributed by atoms with Gasteiger partial charge in [0.25, 0.3) is 13.1 Å². The number of aromatic nitrogens is 2. The van der Waals surface area contributed by atoms with Crippen molar-refractivity contribution in [3.63, 3.8) is 0 Å². The lowest BCUT2D eigenvalue weighted by Gasteiger charge is -2.10. The van der Waals surface area contributed by atoms with Crippen LogP contribution < -0.4 is 10.6 Å². The predicted octanol–water partition coefficient (Wildman–Crippen LogP) is 0.104. The molecule has 0 bridgehead atoms. The van der Waals surface area contributed by atoms with E-state index in [4.69, 9.17) is 13.2 Å². The lowest BCUT2D eigenvalue weighted by molar-refractivity contribution is 0.422. The van der Waals surface area contributed by atoms with Gasteiger partial charge in [0.1, 0.15) is 23.2 Å². The van der Waals surface area contributed by atoms with E-state index in [0.29, 0.717) is 0 Å². The SMILES string of the molecule is I[SiH](O[SiH](I)c1ccon1)c1ccon1. The first-order valence-electron chi connectivity index (χ1n) is 4.01. The number of hydrogen-bond acceptors (Lipinski definition) is 5. The molecule has 0 aliphatic carbocycles. The van der Waals surface area contributed by atoms with Gasteiger partial charge in [-0.3, -0.25) is 0 Å². The zero-order valence-corrected chi connectivity index (χ0v) is 14.0. The van der Waals surface area contributed by atoms with Crippen molar-refractivity contribution in [1.29, 1.82) is 0 Å². The minimum absolute atomic E-state index is 0.924. The first-order chi connectivity index (χ1) is 7.27. The molecule has 0 amide bonds. The third kappa shape index (κ3) is 3.11. The predicted molar refractivity (Wildman–Crippen MR) is 75.7 cm³/mol. The Bertz CT molecular complexity index is 358. The minimum atomic E-state index is -1.48. The van der Waals surface area contributed by atoms with Crippen LogP contribution in [0, 0.1) is 0 Å². The Morgan fingerprint density at radius 1 is 1.00 bits per heavy atom. The van der Waals surface area contributed by atoms with Gasteiger partial charge in [0.2, 0.25) is 0 Å². The van der Waals surface area contributed by atoms with Crippen LogP contribution in [0.1, 0.15) is 0 Å². The van der Waals surface area contributed by atoms with Gasteiger partial charge < -0.3 is 13.2 Å². The van der Waals surface area contributed by atoms with Crippen molar-refractivity contribution >= 4 is 67.3 Å². The highest BCUT2D eigenvalue weighted by atomic mass is 127. The van der Waals surface area contributed by atoms with Gasteiger partial charge in [-0.15, -0.1) is 0 Å². The maximum absolute atomic E-state index is 5.95. The van der Waals surface area contributed by atoms with Gasteiger partial charge in [0.05, 0.1) is 0 Å². The molecular formula is C6H6I2N2O3Si2. The number of rotatable bonds is 4. The van der Waals surface area contributed by atoms with E-state index in [2.05, 4.69) is 53.9 Å². The Balaban J connectivity index is 1.98. The Hall–Kier alpha value is 0.274.